The summed E-state index contributed by atoms with van der Waals surface area (Å²) in [4.78, 5) is 0. The van der Waals surface area contributed by atoms with Crippen LogP contribution >= 0.6 is 12.4 Å². The SMILES string of the molecule is COCC1CCC(O)CN1.Cl. The molecule has 0 aromatic heterocycles. The summed E-state index contributed by atoms with van der Waals surface area (Å²) in [5.74, 6) is 0. The smallest absolute Gasteiger partial charge is 0.0665 e. The van der Waals surface area contributed by atoms with E-state index in [-0.39, 0.29) is 18.5 Å². The lowest BCUT2D eigenvalue weighted by atomic mass is 10.0. The Morgan fingerprint density at radius 3 is 2.73 bits per heavy atom. The molecule has 0 radical (unpaired) electrons. The largest absolute Gasteiger partial charge is 0.392 e. The first-order valence-electron chi connectivity index (χ1n) is 3.73. The molecule has 3 nitrogen and oxygen atoms in total. The number of hydrogen-bond acceptors (Lipinski definition) is 3. The summed E-state index contributed by atoms with van der Waals surface area (Å²) < 4.78 is 4.97. The molecule has 0 amide bonds. The quantitative estimate of drug-likeness (QED) is 0.638. The molecule has 1 rings (SSSR count). The third-order valence-corrected chi connectivity index (χ3v) is 1.86. The summed E-state index contributed by atoms with van der Waals surface area (Å²) in [6.07, 6.45) is 1.78. The molecule has 0 aromatic rings. The molecule has 0 bridgehead atoms. The summed E-state index contributed by atoms with van der Waals surface area (Å²) >= 11 is 0. The Bertz CT molecular complexity index is 94.4. The maximum Gasteiger partial charge on any atom is 0.0665 e. The predicted octanol–water partition coefficient (Wildman–Crippen LogP) is 0.168. The van der Waals surface area contributed by atoms with Gasteiger partial charge in [0, 0.05) is 19.7 Å². The van der Waals surface area contributed by atoms with E-state index in [4.69, 9.17) is 9.84 Å². The minimum atomic E-state index is -0.145. The zero-order valence-electron chi connectivity index (χ0n) is 6.75. The Kier molecular flexibility index (Phi) is 5.86. The van der Waals surface area contributed by atoms with Crippen LogP contribution in [0.1, 0.15) is 12.8 Å². The van der Waals surface area contributed by atoms with Gasteiger partial charge in [-0.15, -0.1) is 12.4 Å². The number of methoxy groups -OCH3 is 1. The van der Waals surface area contributed by atoms with Crippen molar-refractivity contribution in [2.75, 3.05) is 20.3 Å². The van der Waals surface area contributed by atoms with E-state index in [0.29, 0.717) is 12.6 Å². The second-order valence-corrected chi connectivity index (χ2v) is 2.79. The van der Waals surface area contributed by atoms with E-state index in [9.17, 15) is 0 Å². The van der Waals surface area contributed by atoms with Gasteiger partial charge in [0.15, 0.2) is 0 Å². The first kappa shape index (κ1) is 11.2. The third kappa shape index (κ3) is 3.91. The van der Waals surface area contributed by atoms with Crippen LogP contribution < -0.4 is 5.32 Å². The van der Waals surface area contributed by atoms with Gasteiger partial charge in [-0.1, -0.05) is 0 Å². The lowest BCUT2D eigenvalue weighted by Gasteiger charge is -2.26. The molecule has 0 aliphatic carbocycles. The Morgan fingerprint density at radius 2 is 2.27 bits per heavy atom. The number of rotatable bonds is 2. The van der Waals surface area contributed by atoms with Crippen LogP contribution in [0.15, 0.2) is 0 Å². The highest BCUT2D eigenvalue weighted by Gasteiger charge is 2.17. The molecule has 4 heteroatoms. The number of aliphatic hydroxyl groups excluding tert-OH is 1. The van der Waals surface area contributed by atoms with E-state index in [2.05, 4.69) is 5.32 Å². The fourth-order valence-electron chi connectivity index (χ4n) is 1.24. The first-order chi connectivity index (χ1) is 4.83. The average molecular weight is 182 g/mol. The highest BCUT2D eigenvalue weighted by molar-refractivity contribution is 5.85. The average Bonchev–Trinajstić information content (AvgIpc) is 1.95. The molecular weight excluding hydrogens is 166 g/mol. The predicted molar refractivity (Wildman–Crippen MR) is 46.2 cm³/mol. The summed E-state index contributed by atoms with van der Waals surface area (Å²) in [5.41, 5.74) is 0. The molecule has 1 heterocycles. The van der Waals surface area contributed by atoms with E-state index in [1.165, 1.54) is 0 Å². The lowest BCUT2D eigenvalue weighted by molar-refractivity contribution is 0.0933. The summed E-state index contributed by atoms with van der Waals surface area (Å²) in [6, 6.07) is 0.452. The van der Waals surface area contributed by atoms with Crippen molar-refractivity contribution >= 4 is 12.4 Å². The van der Waals surface area contributed by atoms with E-state index in [1.54, 1.807) is 7.11 Å². The standard InChI is InChI=1S/C7H15NO2.ClH/c1-10-5-6-2-3-7(9)4-8-6;/h6-9H,2-5H2,1H3;1H. The highest BCUT2D eigenvalue weighted by Crippen LogP contribution is 2.07. The molecule has 2 unspecified atom stereocenters. The number of nitrogens with one attached hydrogen (secondary N) is 1. The fourth-order valence-corrected chi connectivity index (χ4v) is 1.24. The molecule has 68 valence electrons. The van der Waals surface area contributed by atoms with Crippen molar-refractivity contribution in [3.63, 3.8) is 0 Å². The summed E-state index contributed by atoms with van der Waals surface area (Å²) in [7, 11) is 1.70. The van der Waals surface area contributed by atoms with Crippen LogP contribution in [0.3, 0.4) is 0 Å². The van der Waals surface area contributed by atoms with Crippen LogP contribution in [0.4, 0.5) is 0 Å². The number of hydrogen-bond donors (Lipinski definition) is 2. The monoisotopic (exact) mass is 181 g/mol. The van der Waals surface area contributed by atoms with Gasteiger partial charge in [-0.3, -0.25) is 0 Å². The number of β-amino-alcohol motifs (C(OH)–C–C–N with tert-alkyl or cyclic N) is 1. The van der Waals surface area contributed by atoms with E-state index in [0.717, 1.165) is 19.4 Å². The first-order valence-corrected chi connectivity index (χ1v) is 3.73. The second kappa shape index (κ2) is 5.77. The van der Waals surface area contributed by atoms with E-state index >= 15 is 0 Å². The molecular formula is C7H16ClNO2. The van der Waals surface area contributed by atoms with Gasteiger partial charge in [0.2, 0.25) is 0 Å². The molecule has 1 aliphatic rings. The van der Waals surface area contributed by atoms with Gasteiger partial charge >= 0.3 is 0 Å². The van der Waals surface area contributed by atoms with Gasteiger partial charge in [-0.05, 0) is 12.8 Å². The molecule has 11 heavy (non-hydrogen) atoms. The van der Waals surface area contributed by atoms with E-state index < -0.39 is 0 Å². The minimum absolute atomic E-state index is 0. The lowest BCUT2D eigenvalue weighted by Crippen LogP contribution is -2.43. The van der Waals surface area contributed by atoms with Crippen LogP contribution in [-0.4, -0.2) is 37.5 Å². The fraction of sp³-hybridized carbons (Fsp3) is 1.00. The molecule has 1 fully saturated rings. The summed E-state index contributed by atoms with van der Waals surface area (Å²) in [6.45, 7) is 1.47. The van der Waals surface area contributed by atoms with Crippen LogP contribution in [0.25, 0.3) is 0 Å². The number of ether oxygens (including phenoxy) is 1. The molecule has 2 atom stereocenters. The van der Waals surface area contributed by atoms with Crippen molar-refractivity contribution in [3.05, 3.63) is 0 Å². The molecule has 1 saturated heterocycles. The van der Waals surface area contributed by atoms with Crippen molar-refractivity contribution < 1.29 is 9.84 Å². The molecule has 0 aromatic carbocycles. The Balaban J connectivity index is 0.000001000. The van der Waals surface area contributed by atoms with Gasteiger partial charge in [-0.2, -0.15) is 0 Å². The third-order valence-electron chi connectivity index (χ3n) is 1.86. The van der Waals surface area contributed by atoms with Crippen molar-refractivity contribution in [2.24, 2.45) is 0 Å². The molecule has 0 saturated carbocycles. The van der Waals surface area contributed by atoms with Crippen LogP contribution in [0, 0.1) is 0 Å². The maximum absolute atomic E-state index is 9.09. The zero-order chi connectivity index (χ0) is 7.40. The van der Waals surface area contributed by atoms with Gasteiger partial charge in [0.05, 0.1) is 12.7 Å². The highest BCUT2D eigenvalue weighted by atomic mass is 35.5. The summed E-state index contributed by atoms with van der Waals surface area (Å²) in [5, 5.41) is 12.3. The van der Waals surface area contributed by atoms with Crippen LogP contribution in [0.2, 0.25) is 0 Å². The molecule has 0 spiro atoms. The van der Waals surface area contributed by atoms with Crippen LogP contribution in [-0.2, 0) is 4.74 Å². The van der Waals surface area contributed by atoms with Crippen molar-refractivity contribution in [1.82, 2.24) is 5.32 Å². The topological polar surface area (TPSA) is 41.5 Å². The van der Waals surface area contributed by atoms with Gasteiger partial charge < -0.3 is 15.2 Å². The second-order valence-electron chi connectivity index (χ2n) is 2.79. The number of piperidine rings is 1. The normalized spacial score (nSPS) is 31.1. The number of aliphatic hydroxyl groups is 1. The van der Waals surface area contributed by atoms with E-state index in [1.807, 2.05) is 0 Å². The number of halogens is 1. The van der Waals surface area contributed by atoms with Gasteiger partial charge in [0.1, 0.15) is 0 Å². The Labute approximate surface area is 73.5 Å². The molecule has 2 N–H and O–H groups in total. The molecule has 1 aliphatic heterocycles. The van der Waals surface area contributed by atoms with Crippen molar-refractivity contribution in [3.8, 4) is 0 Å². The minimum Gasteiger partial charge on any atom is -0.392 e. The van der Waals surface area contributed by atoms with Gasteiger partial charge in [0.25, 0.3) is 0 Å². The van der Waals surface area contributed by atoms with Crippen molar-refractivity contribution in [1.29, 1.82) is 0 Å². The maximum atomic E-state index is 9.09. The van der Waals surface area contributed by atoms with Crippen molar-refractivity contribution in [2.45, 2.75) is 25.0 Å². The van der Waals surface area contributed by atoms with Crippen LogP contribution in [0.5, 0.6) is 0 Å². The zero-order valence-corrected chi connectivity index (χ0v) is 7.56. The Morgan fingerprint density at radius 1 is 1.55 bits per heavy atom. The Hall–Kier alpha value is 0.170. The van der Waals surface area contributed by atoms with Gasteiger partial charge in [-0.25, -0.2) is 0 Å².